The molecule has 140 valence electrons. The Balaban J connectivity index is 1.32. The first-order valence-electron chi connectivity index (χ1n) is 9.05. The van der Waals surface area contributed by atoms with Gasteiger partial charge in [0.15, 0.2) is 0 Å². The van der Waals surface area contributed by atoms with Crippen LogP contribution in [0, 0.1) is 0 Å². The fraction of sp³-hybridized carbons (Fsp3) is 0.136. The van der Waals surface area contributed by atoms with Crippen LogP contribution in [0.5, 0.6) is 5.75 Å². The van der Waals surface area contributed by atoms with Gasteiger partial charge in [-0.05, 0) is 29.0 Å². The van der Waals surface area contributed by atoms with Crippen molar-refractivity contribution in [3.63, 3.8) is 0 Å². The molecule has 4 aromatic rings. The van der Waals surface area contributed by atoms with Crippen molar-refractivity contribution in [1.82, 2.24) is 15.5 Å². The molecule has 0 aliphatic rings. The van der Waals surface area contributed by atoms with Crippen LogP contribution in [0.15, 0.2) is 71.5 Å². The maximum atomic E-state index is 12.2. The zero-order valence-corrected chi connectivity index (χ0v) is 15.1. The minimum Gasteiger partial charge on any atom is -0.492 e. The molecule has 0 aliphatic heterocycles. The van der Waals surface area contributed by atoms with Gasteiger partial charge < -0.3 is 10.1 Å². The average Bonchev–Trinajstić information content (AvgIpc) is 2.73. The summed E-state index contributed by atoms with van der Waals surface area (Å²) in [5, 5.41) is 12.8. The van der Waals surface area contributed by atoms with Crippen LogP contribution < -0.4 is 15.6 Å². The summed E-state index contributed by atoms with van der Waals surface area (Å²) in [7, 11) is 0. The number of nitrogens with one attached hydrogen (secondary N) is 2. The average molecular weight is 373 g/mol. The van der Waals surface area contributed by atoms with Crippen LogP contribution >= 0.6 is 0 Å². The summed E-state index contributed by atoms with van der Waals surface area (Å²) in [6.45, 7) is 0.747. The lowest BCUT2D eigenvalue weighted by Gasteiger charge is -2.09. The second-order valence-electron chi connectivity index (χ2n) is 6.43. The monoisotopic (exact) mass is 373 g/mol. The van der Waals surface area contributed by atoms with Gasteiger partial charge in [-0.3, -0.25) is 9.59 Å². The number of rotatable bonds is 6. The first kappa shape index (κ1) is 17.7. The number of fused-ring (bicyclic) bond motifs is 2. The molecule has 0 aliphatic carbocycles. The summed E-state index contributed by atoms with van der Waals surface area (Å²) in [5.74, 6) is 0.591. The smallest absolute Gasteiger partial charge is 0.272 e. The fourth-order valence-corrected chi connectivity index (χ4v) is 3.14. The number of ether oxygens (including phenoxy) is 1. The molecule has 0 bridgehead atoms. The molecule has 3 aromatic carbocycles. The number of aromatic nitrogens is 2. The van der Waals surface area contributed by atoms with E-state index in [0.29, 0.717) is 29.6 Å². The third-order valence-electron chi connectivity index (χ3n) is 4.52. The predicted molar refractivity (Wildman–Crippen MR) is 109 cm³/mol. The van der Waals surface area contributed by atoms with Crippen molar-refractivity contribution < 1.29 is 9.53 Å². The molecule has 1 heterocycles. The Morgan fingerprint density at radius 2 is 1.71 bits per heavy atom. The highest BCUT2D eigenvalue weighted by Crippen LogP contribution is 2.20. The summed E-state index contributed by atoms with van der Waals surface area (Å²) in [4.78, 5) is 24.0. The number of nitrogens with zero attached hydrogens (tertiary/aromatic N) is 1. The zero-order chi connectivity index (χ0) is 19.3. The van der Waals surface area contributed by atoms with Gasteiger partial charge in [-0.25, -0.2) is 5.10 Å². The Morgan fingerprint density at radius 1 is 0.964 bits per heavy atom. The largest absolute Gasteiger partial charge is 0.492 e. The number of amides is 1. The van der Waals surface area contributed by atoms with Gasteiger partial charge in [0.25, 0.3) is 5.56 Å². The summed E-state index contributed by atoms with van der Waals surface area (Å²) in [6.07, 6.45) is 0.0905. The van der Waals surface area contributed by atoms with Gasteiger partial charge >= 0.3 is 0 Å². The van der Waals surface area contributed by atoms with E-state index in [2.05, 4.69) is 15.5 Å². The van der Waals surface area contributed by atoms with E-state index < -0.39 is 0 Å². The highest BCUT2D eigenvalue weighted by molar-refractivity contribution is 5.88. The van der Waals surface area contributed by atoms with Crippen LogP contribution in [0.3, 0.4) is 0 Å². The highest BCUT2D eigenvalue weighted by Gasteiger charge is 2.10. The topological polar surface area (TPSA) is 84.1 Å². The minimum absolute atomic E-state index is 0.0905. The molecule has 6 heteroatoms. The molecule has 6 nitrogen and oxygen atoms in total. The first-order chi connectivity index (χ1) is 13.7. The van der Waals surface area contributed by atoms with Crippen molar-refractivity contribution in [1.29, 1.82) is 0 Å². The number of benzene rings is 3. The van der Waals surface area contributed by atoms with Crippen LogP contribution in [0.1, 0.15) is 5.69 Å². The lowest BCUT2D eigenvalue weighted by molar-refractivity contribution is -0.120. The number of aromatic amines is 1. The molecular weight excluding hydrogens is 354 g/mol. The van der Waals surface area contributed by atoms with Crippen LogP contribution in [0.2, 0.25) is 0 Å². The molecule has 1 amide bonds. The predicted octanol–water partition coefficient (Wildman–Crippen LogP) is 2.81. The maximum Gasteiger partial charge on any atom is 0.272 e. The van der Waals surface area contributed by atoms with Gasteiger partial charge in [-0.15, -0.1) is 0 Å². The molecule has 4 rings (SSSR count). The zero-order valence-electron chi connectivity index (χ0n) is 15.1. The van der Waals surface area contributed by atoms with E-state index in [0.717, 1.165) is 16.5 Å². The molecule has 1 aromatic heterocycles. The molecule has 0 saturated heterocycles. The molecule has 2 N–H and O–H groups in total. The molecular formula is C22H19N3O3. The van der Waals surface area contributed by atoms with Gasteiger partial charge in [-0.2, -0.15) is 5.10 Å². The molecule has 0 atom stereocenters. The SMILES string of the molecule is O=C(Cc1n[nH]c(=O)c2ccccc12)NCCOc1ccc2ccccc2c1. The van der Waals surface area contributed by atoms with E-state index in [4.69, 9.17) is 4.74 Å². The third kappa shape index (κ3) is 3.86. The quantitative estimate of drug-likeness (QED) is 0.509. The molecule has 0 unspecified atom stereocenters. The fourth-order valence-electron chi connectivity index (χ4n) is 3.14. The Morgan fingerprint density at radius 3 is 2.57 bits per heavy atom. The standard InChI is InChI=1S/C22H19N3O3/c26-21(14-20-18-7-3-4-8-19(18)22(27)25-24-20)23-11-12-28-17-10-9-15-5-1-2-6-16(15)13-17/h1-10,13H,11-12,14H2,(H,23,26)(H,25,27). The van der Waals surface area contributed by atoms with Gasteiger partial charge in [0.2, 0.25) is 5.91 Å². The molecule has 0 saturated carbocycles. The van der Waals surface area contributed by atoms with Crippen molar-refractivity contribution in [2.45, 2.75) is 6.42 Å². The van der Waals surface area contributed by atoms with Gasteiger partial charge in [0.05, 0.1) is 24.0 Å². The van der Waals surface area contributed by atoms with E-state index in [1.807, 2.05) is 48.5 Å². The minimum atomic E-state index is -0.261. The highest BCUT2D eigenvalue weighted by atomic mass is 16.5. The summed E-state index contributed by atoms with van der Waals surface area (Å²) < 4.78 is 5.72. The summed E-state index contributed by atoms with van der Waals surface area (Å²) in [6, 6.07) is 21.1. The first-order valence-corrected chi connectivity index (χ1v) is 9.05. The molecule has 28 heavy (non-hydrogen) atoms. The van der Waals surface area contributed by atoms with E-state index in [1.165, 1.54) is 0 Å². The third-order valence-corrected chi connectivity index (χ3v) is 4.52. The number of H-pyrrole nitrogens is 1. The van der Waals surface area contributed by atoms with E-state index >= 15 is 0 Å². The molecule has 0 spiro atoms. The number of hydrogen-bond donors (Lipinski definition) is 2. The second kappa shape index (κ2) is 7.92. The second-order valence-corrected chi connectivity index (χ2v) is 6.43. The maximum absolute atomic E-state index is 12.2. The van der Waals surface area contributed by atoms with Crippen LogP contribution in [-0.2, 0) is 11.2 Å². The Labute approximate surface area is 161 Å². The van der Waals surface area contributed by atoms with Crippen molar-refractivity contribution in [2.24, 2.45) is 0 Å². The number of carbonyl (C=O) groups excluding carboxylic acids is 1. The Bertz CT molecular complexity index is 1200. The van der Waals surface area contributed by atoms with E-state index in [1.54, 1.807) is 18.2 Å². The van der Waals surface area contributed by atoms with Crippen molar-refractivity contribution in [3.8, 4) is 5.75 Å². The lowest BCUT2D eigenvalue weighted by atomic mass is 10.1. The van der Waals surface area contributed by atoms with Crippen LogP contribution in [-0.4, -0.2) is 29.3 Å². The summed E-state index contributed by atoms with van der Waals surface area (Å²) in [5.41, 5.74) is 0.284. The van der Waals surface area contributed by atoms with Crippen LogP contribution in [0.4, 0.5) is 0 Å². The van der Waals surface area contributed by atoms with Crippen molar-refractivity contribution in [2.75, 3.05) is 13.2 Å². The number of carbonyl (C=O) groups is 1. The normalized spacial score (nSPS) is 10.9. The summed E-state index contributed by atoms with van der Waals surface area (Å²) >= 11 is 0. The Kier molecular flexibility index (Phi) is 5.01. The molecule has 0 fully saturated rings. The van der Waals surface area contributed by atoms with E-state index in [9.17, 15) is 9.59 Å². The van der Waals surface area contributed by atoms with Crippen LogP contribution in [0.25, 0.3) is 21.5 Å². The van der Waals surface area contributed by atoms with E-state index in [-0.39, 0.29) is 17.9 Å². The Hall–Kier alpha value is -3.67. The molecule has 0 radical (unpaired) electrons. The number of hydrogen-bond acceptors (Lipinski definition) is 4. The van der Waals surface area contributed by atoms with Gasteiger partial charge in [-0.1, -0.05) is 48.5 Å². The van der Waals surface area contributed by atoms with Gasteiger partial charge in [0.1, 0.15) is 12.4 Å². The van der Waals surface area contributed by atoms with Crippen molar-refractivity contribution in [3.05, 3.63) is 82.8 Å². The van der Waals surface area contributed by atoms with Crippen molar-refractivity contribution >= 4 is 27.5 Å². The van der Waals surface area contributed by atoms with Gasteiger partial charge in [0, 0.05) is 5.39 Å². The lowest BCUT2D eigenvalue weighted by Crippen LogP contribution is -2.30.